The van der Waals surface area contributed by atoms with E-state index in [0.29, 0.717) is 17.0 Å². The highest BCUT2D eigenvalue weighted by molar-refractivity contribution is 6.30. The highest BCUT2D eigenvalue weighted by Gasteiger charge is 2.31. The third kappa shape index (κ3) is 3.77. The summed E-state index contributed by atoms with van der Waals surface area (Å²) < 4.78 is 13.8. The summed E-state index contributed by atoms with van der Waals surface area (Å²) in [6.07, 6.45) is 6.45. The van der Waals surface area contributed by atoms with E-state index >= 15 is 0 Å². The zero-order chi connectivity index (χ0) is 14.7. The van der Waals surface area contributed by atoms with Gasteiger partial charge in [-0.3, -0.25) is 4.90 Å². The number of benzene rings is 1. The number of halogens is 2. The summed E-state index contributed by atoms with van der Waals surface area (Å²) >= 11 is 6.10. The van der Waals surface area contributed by atoms with Gasteiger partial charge in [0.1, 0.15) is 5.82 Å². The maximum atomic E-state index is 13.8. The molecule has 1 saturated carbocycles. The fraction of sp³-hybridized carbons (Fsp3) is 0.647. The lowest BCUT2D eigenvalue weighted by atomic mass is 9.80. The first-order chi connectivity index (χ1) is 10.2. The van der Waals surface area contributed by atoms with Crippen molar-refractivity contribution in [3.05, 3.63) is 34.6 Å². The van der Waals surface area contributed by atoms with Crippen molar-refractivity contribution in [3.63, 3.8) is 0 Å². The van der Waals surface area contributed by atoms with Crippen LogP contribution in [0.25, 0.3) is 0 Å². The molecule has 0 radical (unpaired) electrons. The zero-order valence-corrected chi connectivity index (χ0v) is 13.2. The first-order valence-electron chi connectivity index (χ1n) is 8.15. The number of rotatable bonds is 3. The topological polar surface area (TPSA) is 15.3 Å². The second-order valence-corrected chi connectivity index (χ2v) is 6.77. The molecule has 2 aliphatic rings. The van der Waals surface area contributed by atoms with Crippen molar-refractivity contribution in [2.24, 2.45) is 5.92 Å². The fourth-order valence-electron chi connectivity index (χ4n) is 3.94. The van der Waals surface area contributed by atoms with Gasteiger partial charge in [0, 0.05) is 37.2 Å². The van der Waals surface area contributed by atoms with Crippen molar-refractivity contribution < 1.29 is 4.39 Å². The van der Waals surface area contributed by atoms with Crippen molar-refractivity contribution in [2.75, 3.05) is 26.2 Å². The second-order valence-electron chi connectivity index (χ2n) is 6.33. The molecule has 4 heteroatoms. The molecule has 0 amide bonds. The Kier molecular flexibility index (Phi) is 5.15. The molecule has 1 aromatic rings. The van der Waals surface area contributed by atoms with Gasteiger partial charge in [-0.15, -0.1) is 0 Å². The number of hydrogen-bond acceptors (Lipinski definition) is 2. The highest BCUT2D eigenvalue weighted by Crippen LogP contribution is 2.39. The molecule has 21 heavy (non-hydrogen) atoms. The van der Waals surface area contributed by atoms with Crippen LogP contribution in [0.2, 0.25) is 5.02 Å². The van der Waals surface area contributed by atoms with Crippen molar-refractivity contribution in [1.82, 2.24) is 10.2 Å². The van der Waals surface area contributed by atoms with Crippen LogP contribution in [0.3, 0.4) is 0 Å². The van der Waals surface area contributed by atoms with Crippen LogP contribution in [-0.2, 0) is 0 Å². The molecule has 1 aliphatic carbocycles. The lowest BCUT2D eigenvalue weighted by molar-refractivity contribution is 0.103. The third-order valence-electron chi connectivity index (χ3n) is 4.87. The van der Waals surface area contributed by atoms with Crippen LogP contribution in [0.4, 0.5) is 4.39 Å². The van der Waals surface area contributed by atoms with Crippen molar-refractivity contribution in [3.8, 4) is 0 Å². The third-order valence-corrected chi connectivity index (χ3v) is 5.09. The highest BCUT2D eigenvalue weighted by atomic mass is 35.5. The van der Waals surface area contributed by atoms with E-state index in [1.807, 2.05) is 6.07 Å². The Morgan fingerprint density at radius 3 is 2.48 bits per heavy atom. The zero-order valence-electron chi connectivity index (χ0n) is 12.5. The van der Waals surface area contributed by atoms with Gasteiger partial charge >= 0.3 is 0 Å². The SMILES string of the molecule is Fc1cc(Cl)cc([C@H](C2CCCCC2)N2CCNCC2)c1. The summed E-state index contributed by atoms with van der Waals surface area (Å²) in [5.74, 6) is 0.420. The molecule has 1 N–H and O–H groups in total. The van der Waals surface area contributed by atoms with Crippen LogP contribution in [0.15, 0.2) is 18.2 Å². The number of piperazine rings is 1. The maximum absolute atomic E-state index is 13.8. The minimum absolute atomic E-state index is 0.214. The van der Waals surface area contributed by atoms with Crippen molar-refractivity contribution in [2.45, 2.75) is 38.1 Å². The molecular formula is C17H24ClFN2. The van der Waals surface area contributed by atoms with Gasteiger partial charge in [0.15, 0.2) is 0 Å². The monoisotopic (exact) mass is 310 g/mol. The average molecular weight is 311 g/mol. The summed E-state index contributed by atoms with van der Waals surface area (Å²) in [5, 5.41) is 3.92. The molecule has 0 aromatic heterocycles. The van der Waals surface area contributed by atoms with Crippen LogP contribution < -0.4 is 5.32 Å². The van der Waals surface area contributed by atoms with E-state index in [4.69, 9.17) is 11.6 Å². The summed E-state index contributed by atoms with van der Waals surface area (Å²) in [7, 11) is 0. The van der Waals surface area contributed by atoms with Gasteiger partial charge < -0.3 is 5.32 Å². The lowest BCUT2D eigenvalue weighted by Crippen LogP contribution is -2.47. The normalized spacial score (nSPS) is 23.1. The molecule has 2 fully saturated rings. The van der Waals surface area contributed by atoms with Gasteiger partial charge in [0.25, 0.3) is 0 Å². The largest absolute Gasteiger partial charge is 0.314 e. The van der Waals surface area contributed by atoms with E-state index < -0.39 is 0 Å². The van der Waals surface area contributed by atoms with Crippen LogP contribution in [-0.4, -0.2) is 31.1 Å². The van der Waals surface area contributed by atoms with E-state index in [9.17, 15) is 4.39 Å². The summed E-state index contributed by atoms with van der Waals surface area (Å²) in [4.78, 5) is 2.53. The summed E-state index contributed by atoms with van der Waals surface area (Å²) in [6, 6.07) is 5.38. The Labute approximate surface area is 131 Å². The Hall–Kier alpha value is -0.640. The number of nitrogens with one attached hydrogen (secondary N) is 1. The minimum atomic E-state index is -0.214. The van der Waals surface area contributed by atoms with Gasteiger partial charge in [-0.05, 0) is 42.5 Å². The van der Waals surface area contributed by atoms with Crippen molar-refractivity contribution in [1.29, 1.82) is 0 Å². The Morgan fingerprint density at radius 2 is 1.81 bits per heavy atom. The summed E-state index contributed by atoms with van der Waals surface area (Å²) in [6.45, 7) is 4.11. The quantitative estimate of drug-likeness (QED) is 0.907. The van der Waals surface area contributed by atoms with Crippen LogP contribution in [0, 0.1) is 11.7 Å². The molecular weight excluding hydrogens is 287 g/mol. The predicted molar refractivity (Wildman–Crippen MR) is 85.2 cm³/mol. The smallest absolute Gasteiger partial charge is 0.125 e. The molecule has 0 unspecified atom stereocenters. The van der Waals surface area contributed by atoms with Crippen molar-refractivity contribution >= 4 is 11.6 Å². The van der Waals surface area contributed by atoms with Gasteiger partial charge in [0.05, 0.1) is 0 Å². The molecule has 1 aromatic carbocycles. The molecule has 1 saturated heterocycles. The van der Waals surface area contributed by atoms with Crippen LogP contribution >= 0.6 is 11.6 Å². The van der Waals surface area contributed by atoms with Gasteiger partial charge in [-0.1, -0.05) is 30.9 Å². The van der Waals surface area contributed by atoms with E-state index in [1.54, 1.807) is 6.07 Å². The second kappa shape index (κ2) is 7.08. The lowest BCUT2D eigenvalue weighted by Gasteiger charge is -2.41. The molecule has 2 nitrogen and oxygen atoms in total. The van der Waals surface area contributed by atoms with Gasteiger partial charge in [0.2, 0.25) is 0 Å². The Balaban J connectivity index is 1.89. The molecule has 0 spiro atoms. The van der Waals surface area contributed by atoms with E-state index in [1.165, 1.54) is 38.2 Å². The molecule has 116 valence electrons. The van der Waals surface area contributed by atoms with Gasteiger partial charge in [-0.2, -0.15) is 0 Å². The molecule has 3 rings (SSSR count). The molecule has 1 heterocycles. The van der Waals surface area contributed by atoms with Crippen LogP contribution in [0.1, 0.15) is 43.7 Å². The number of hydrogen-bond donors (Lipinski definition) is 1. The summed E-state index contributed by atoms with van der Waals surface area (Å²) in [5.41, 5.74) is 1.06. The fourth-order valence-corrected chi connectivity index (χ4v) is 4.17. The van der Waals surface area contributed by atoms with Crippen LogP contribution in [0.5, 0.6) is 0 Å². The maximum Gasteiger partial charge on any atom is 0.125 e. The average Bonchev–Trinajstić information content (AvgIpc) is 2.49. The first kappa shape index (κ1) is 15.3. The predicted octanol–water partition coefficient (Wildman–Crippen LogP) is 4.01. The van der Waals surface area contributed by atoms with E-state index in [2.05, 4.69) is 10.2 Å². The minimum Gasteiger partial charge on any atom is -0.314 e. The van der Waals surface area contributed by atoms with E-state index in [0.717, 1.165) is 31.7 Å². The van der Waals surface area contributed by atoms with Gasteiger partial charge in [-0.25, -0.2) is 4.39 Å². The standard InChI is InChI=1S/C17H24ClFN2/c18-15-10-14(11-16(19)12-15)17(13-4-2-1-3-5-13)21-8-6-20-7-9-21/h10-13,17,20H,1-9H2/t17-/m0/s1. The molecule has 1 aliphatic heterocycles. The first-order valence-corrected chi connectivity index (χ1v) is 8.52. The van der Waals surface area contributed by atoms with E-state index in [-0.39, 0.29) is 5.82 Å². The Bertz CT molecular complexity index is 430. The molecule has 1 atom stereocenters. The molecule has 0 bridgehead atoms. The Morgan fingerprint density at radius 1 is 1.10 bits per heavy atom. The number of nitrogens with zero attached hydrogens (tertiary/aromatic N) is 1.